The Labute approximate surface area is 730 Å². The van der Waals surface area contributed by atoms with Crippen LogP contribution in [0.5, 0.6) is 5.75 Å². The summed E-state index contributed by atoms with van der Waals surface area (Å²) in [6.45, 7) is 12.4. The van der Waals surface area contributed by atoms with Gasteiger partial charge in [-0.15, -0.1) is 0 Å². The lowest BCUT2D eigenvalue weighted by molar-refractivity contribution is -0.147. The summed E-state index contributed by atoms with van der Waals surface area (Å²) < 4.78 is 24.0. The Hall–Kier alpha value is -14.0. The summed E-state index contributed by atoms with van der Waals surface area (Å²) in [6.07, 6.45) is 12.5. The molecule has 654 valence electrons. The molecular formula is C97H107N15O14. The number of hydrogen-bond donors (Lipinski definition) is 9. The number of aromatic nitrogens is 8. The molecule has 6 amide bonds. The van der Waals surface area contributed by atoms with Crippen molar-refractivity contribution < 1.29 is 67.1 Å². The number of methoxy groups -OCH3 is 5. The molecule has 4 fully saturated rings. The standard InChI is InChI=1S/C48H52N8O6.C37H41N7O3.C12H14O5/c1-28(2)41(53-47(59)61-4)45(57)55-22-8-12-39(55)44-50-27-38(52-44)35-21-20-33-24-32(18-19-34(33)25-35)30-14-16-31(17-15-30)37-26-49-43(51-37)40-13-9-23-56(40)46(58)42(54-48(60)62-5)36-11-7-6-10-29(36)3;1-22(2)33(43-37(46)47-3)36(45)44-17-5-7-32(44)35-40-21-31(42-35)28-15-14-26-18-25(12-13-27(26)19-28)23-8-10-24(11-9-23)30-20-39-34(41-30)29-6-4-16-38-29;1-16-10-6-4-3-5-8(10)9(12(14)15)7-11(13)17-2/h6-7,10-11,14-21,24-28,39-42H,8-9,12-13,22-23H2,1-5H3,(H,49,51)(H,50,52)(H,53,59)(H,54,60);8-15,18-22,29,32-33,38H,4-7,16-17H2,1-3H3,(H,39,41)(H,40,42)(H,43,46);3-6,9H,7H2,1-2H3,(H,14,15)/t39-,40-,41-,42+;29-,32-,33-;9-/m001/s1. The van der Waals surface area contributed by atoms with Crippen molar-refractivity contribution in [1.29, 1.82) is 0 Å². The molecule has 0 radical (unpaired) electrons. The minimum absolute atomic E-state index is 0.0815. The highest BCUT2D eigenvalue weighted by atomic mass is 16.5. The first-order valence-corrected chi connectivity index (χ1v) is 42.7. The third-order valence-electron chi connectivity index (χ3n) is 24.1. The number of H-pyrrole nitrogens is 4. The van der Waals surface area contributed by atoms with Gasteiger partial charge in [-0.1, -0.05) is 167 Å². The van der Waals surface area contributed by atoms with E-state index in [-0.39, 0.29) is 54.1 Å². The Balaban J connectivity index is 0.000000177. The van der Waals surface area contributed by atoms with Crippen LogP contribution >= 0.6 is 0 Å². The topological polar surface area (TPSA) is 376 Å². The first-order valence-electron chi connectivity index (χ1n) is 42.7. The molecule has 0 spiro atoms. The molecule has 8 heterocycles. The van der Waals surface area contributed by atoms with Gasteiger partial charge in [-0.25, -0.2) is 34.3 Å². The second-order valence-corrected chi connectivity index (χ2v) is 32.7. The van der Waals surface area contributed by atoms with Gasteiger partial charge >= 0.3 is 30.2 Å². The number of fused-ring (bicyclic) bond motifs is 2. The monoisotopic (exact) mass is 1710 g/mol. The summed E-state index contributed by atoms with van der Waals surface area (Å²) >= 11 is 0. The predicted octanol–water partition coefficient (Wildman–Crippen LogP) is 16.6. The number of carboxylic acids is 1. The maximum atomic E-state index is 14.1. The fourth-order valence-electron chi connectivity index (χ4n) is 17.2. The quantitative estimate of drug-likeness (QED) is 0.0200. The van der Waals surface area contributed by atoms with Crippen molar-refractivity contribution in [2.24, 2.45) is 11.8 Å². The number of aliphatic carboxylic acids is 1. The fraction of sp³-hybridized carbons (Fsp3) is 0.340. The maximum Gasteiger partial charge on any atom is 0.407 e. The molecular weight excluding hydrogens is 1600 g/mol. The van der Waals surface area contributed by atoms with Gasteiger partial charge in [-0.3, -0.25) is 24.0 Å². The number of benzene rings is 8. The van der Waals surface area contributed by atoms with E-state index in [4.69, 9.17) is 39.0 Å². The number of nitrogens with zero attached hydrogens (tertiary/aromatic N) is 7. The number of carboxylic acid groups (broad SMARTS) is 1. The predicted molar refractivity (Wildman–Crippen MR) is 478 cm³/mol. The molecule has 4 saturated heterocycles. The Kier molecular flexibility index (Phi) is 28.1. The lowest BCUT2D eigenvalue weighted by atomic mass is 9.95. The molecule has 0 bridgehead atoms. The van der Waals surface area contributed by atoms with Crippen LogP contribution in [0.4, 0.5) is 14.4 Å². The number of para-hydroxylation sites is 1. The van der Waals surface area contributed by atoms with Crippen LogP contribution in [0.3, 0.4) is 0 Å². The lowest BCUT2D eigenvalue weighted by Crippen LogP contribution is -2.51. The molecule has 126 heavy (non-hydrogen) atoms. The fourth-order valence-corrected chi connectivity index (χ4v) is 17.2. The number of ether oxygens (including phenoxy) is 5. The average Bonchev–Trinajstić information content (AvgIpc) is 1.51. The normalized spacial score (nSPS) is 17.0. The van der Waals surface area contributed by atoms with Crippen LogP contribution in [0, 0.1) is 18.8 Å². The summed E-state index contributed by atoms with van der Waals surface area (Å²) in [6, 6.07) is 54.4. The Morgan fingerprint density at radius 2 is 0.794 bits per heavy atom. The van der Waals surface area contributed by atoms with E-state index in [0.29, 0.717) is 42.8 Å². The highest BCUT2D eigenvalue weighted by Gasteiger charge is 2.41. The largest absolute Gasteiger partial charge is 0.496 e. The first-order chi connectivity index (χ1) is 61.0. The van der Waals surface area contributed by atoms with E-state index in [1.165, 1.54) is 42.0 Å². The number of carbonyl (C=O) groups is 8. The van der Waals surface area contributed by atoms with Crippen LogP contribution in [0.2, 0.25) is 0 Å². The molecule has 0 aliphatic carbocycles. The lowest BCUT2D eigenvalue weighted by Gasteiger charge is -2.30. The third-order valence-corrected chi connectivity index (χ3v) is 24.1. The number of imidazole rings is 4. The van der Waals surface area contributed by atoms with Gasteiger partial charge in [-0.2, -0.15) is 0 Å². The molecule has 4 aliphatic heterocycles. The van der Waals surface area contributed by atoms with E-state index in [0.717, 1.165) is 169 Å². The van der Waals surface area contributed by atoms with Gasteiger partial charge in [0.25, 0.3) is 5.91 Å². The molecule has 8 atom stereocenters. The van der Waals surface area contributed by atoms with Gasteiger partial charge in [0.15, 0.2) is 0 Å². The van der Waals surface area contributed by atoms with Crippen molar-refractivity contribution in [2.75, 3.05) is 61.7 Å². The van der Waals surface area contributed by atoms with Crippen molar-refractivity contribution in [1.82, 2.24) is 75.8 Å². The zero-order valence-electron chi connectivity index (χ0n) is 72.3. The number of esters is 1. The van der Waals surface area contributed by atoms with Gasteiger partial charge in [0.2, 0.25) is 11.8 Å². The Morgan fingerprint density at radius 3 is 1.20 bits per heavy atom. The second kappa shape index (κ2) is 40.1. The zero-order valence-corrected chi connectivity index (χ0v) is 72.3. The number of nitrogens with one attached hydrogen (secondary N) is 8. The third kappa shape index (κ3) is 20.1. The summed E-state index contributed by atoms with van der Waals surface area (Å²) in [5.41, 5.74) is 14.3. The molecule has 0 saturated carbocycles. The second-order valence-electron chi connectivity index (χ2n) is 32.7. The number of rotatable bonds is 24. The number of alkyl carbamates (subject to hydrolysis) is 3. The van der Waals surface area contributed by atoms with E-state index >= 15 is 0 Å². The van der Waals surface area contributed by atoms with Crippen LogP contribution in [0.25, 0.3) is 88.8 Å². The minimum atomic E-state index is -1.08. The highest BCUT2D eigenvalue weighted by molar-refractivity contribution is 5.94. The number of aryl methyl sites for hydroxylation is 1. The van der Waals surface area contributed by atoms with Crippen molar-refractivity contribution >= 4 is 69.5 Å². The molecule has 9 N–H and O–H groups in total. The van der Waals surface area contributed by atoms with Gasteiger partial charge in [0.05, 0.1) is 120 Å². The Morgan fingerprint density at radius 1 is 0.421 bits per heavy atom. The molecule has 0 unspecified atom stereocenters. The highest BCUT2D eigenvalue weighted by Crippen LogP contribution is 2.40. The van der Waals surface area contributed by atoms with E-state index in [1.54, 1.807) is 29.2 Å². The summed E-state index contributed by atoms with van der Waals surface area (Å²) in [4.78, 5) is 138. The summed E-state index contributed by atoms with van der Waals surface area (Å²) in [5.74, 6) is 0.393. The number of carbonyl (C=O) groups excluding carboxylic acids is 7. The molecule has 29 nitrogen and oxygen atoms in total. The van der Waals surface area contributed by atoms with Gasteiger partial charge in [0, 0.05) is 36.3 Å². The molecule has 8 aromatic carbocycles. The van der Waals surface area contributed by atoms with Crippen LogP contribution in [-0.4, -0.2) is 181 Å². The van der Waals surface area contributed by atoms with Crippen molar-refractivity contribution in [3.05, 3.63) is 235 Å². The SMILES string of the molecule is COC(=O)C[C@@H](C(=O)O)c1ccccc1OC.COC(=O)N[C@H](C(=O)N1CCC[C@H]1c1ncc(-c2ccc3cc(-c4ccc(-c5cnc([C@@H]6CCCN6)[nH]5)cc4)ccc3c2)[nH]1)C(C)C.COC(=O)N[C@H](C(=O)N1CCC[C@H]1c1ncc(-c2ccc3cc(-c4ccc(-c5cnc([C@@H]6CCCN6C(=O)[C@H](NC(=O)OC)c6ccccc6C)[nH]5)cc4)ccc3c2)[nH]1)C(C)C. The average molecular weight is 1710 g/mol. The molecule has 16 rings (SSSR count). The number of aromatic amines is 4. The molecule has 4 aliphatic rings. The number of amides is 6. The molecule has 12 aromatic rings. The minimum Gasteiger partial charge on any atom is -0.496 e. The van der Waals surface area contributed by atoms with Crippen molar-refractivity contribution in [3.8, 4) is 73.0 Å². The number of likely N-dealkylation sites (tertiary alicyclic amines) is 3. The van der Waals surface area contributed by atoms with Crippen LogP contribution in [-0.2, 0) is 42.9 Å². The van der Waals surface area contributed by atoms with Gasteiger partial charge < -0.3 is 84.7 Å². The van der Waals surface area contributed by atoms with E-state index in [9.17, 15) is 38.4 Å². The van der Waals surface area contributed by atoms with Gasteiger partial charge in [0.1, 0.15) is 47.2 Å². The van der Waals surface area contributed by atoms with E-state index < -0.39 is 54.3 Å². The number of hydrogen-bond acceptors (Lipinski definition) is 18. The molecule has 4 aromatic heterocycles. The van der Waals surface area contributed by atoms with E-state index in [1.807, 2.05) is 93.5 Å². The zero-order chi connectivity index (χ0) is 88.8. The van der Waals surface area contributed by atoms with Gasteiger partial charge in [-0.05, 0) is 173 Å². The van der Waals surface area contributed by atoms with E-state index in [2.05, 4.69) is 172 Å². The maximum absolute atomic E-state index is 14.1. The summed E-state index contributed by atoms with van der Waals surface area (Å²) in [7, 11) is 6.56. The molecule has 29 heteroatoms. The smallest absolute Gasteiger partial charge is 0.407 e. The van der Waals surface area contributed by atoms with Crippen LogP contribution in [0.1, 0.15) is 162 Å². The van der Waals surface area contributed by atoms with Crippen LogP contribution < -0.4 is 26.0 Å². The van der Waals surface area contributed by atoms with Crippen LogP contribution in [0.15, 0.2) is 195 Å². The Bertz CT molecular complexity index is 5890. The van der Waals surface area contributed by atoms with Crippen molar-refractivity contribution in [3.63, 3.8) is 0 Å². The van der Waals surface area contributed by atoms with Crippen molar-refractivity contribution in [2.45, 2.75) is 141 Å². The summed E-state index contributed by atoms with van der Waals surface area (Å²) in [5, 5.41) is 25.3. The first kappa shape index (κ1) is 88.4.